The van der Waals surface area contributed by atoms with E-state index in [-0.39, 0.29) is 17.4 Å². The highest BCUT2D eigenvalue weighted by molar-refractivity contribution is 7.80. The number of nitrogens with zero attached hydrogens (tertiary/aromatic N) is 1. The van der Waals surface area contributed by atoms with Gasteiger partial charge < -0.3 is 14.1 Å². The minimum atomic E-state index is -0.559. The van der Waals surface area contributed by atoms with E-state index in [2.05, 4.69) is 5.32 Å². The van der Waals surface area contributed by atoms with Gasteiger partial charge in [-0.25, -0.2) is 0 Å². The fourth-order valence-electron chi connectivity index (χ4n) is 1.30. The van der Waals surface area contributed by atoms with Crippen molar-refractivity contribution >= 4 is 29.2 Å². The van der Waals surface area contributed by atoms with E-state index in [1.807, 2.05) is 0 Å². The molecule has 0 aliphatic carbocycles. The smallest absolute Gasteiger partial charge is 0.326 e. The average molecular weight is 298 g/mol. The van der Waals surface area contributed by atoms with Gasteiger partial charge in [-0.05, 0) is 45.1 Å². The molecule has 0 aromatic carbocycles. The molecule has 1 rings (SSSR count). The van der Waals surface area contributed by atoms with Crippen LogP contribution in [0.25, 0.3) is 0 Å². The van der Waals surface area contributed by atoms with E-state index in [4.69, 9.17) is 21.4 Å². The first-order chi connectivity index (χ1) is 9.19. The third-order valence-electron chi connectivity index (χ3n) is 2.10. The van der Waals surface area contributed by atoms with Gasteiger partial charge in [0, 0.05) is 7.05 Å². The Kier molecular flexibility index (Phi) is 5.26. The van der Waals surface area contributed by atoms with Crippen molar-refractivity contribution in [2.75, 3.05) is 13.6 Å². The first-order valence-electron chi connectivity index (χ1n) is 6.01. The minimum Gasteiger partial charge on any atom is -0.459 e. The van der Waals surface area contributed by atoms with Gasteiger partial charge in [-0.15, -0.1) is 0 Å². The monoisotopic (exact) mass is 298 g/mol. The number of carbonyl (C=O) groups is 2. The molecule has 110 valence electrons. The maximum absolute atomic E-state index is 11.7. The van der Waals surface area contributed by atoms with Crippen molar-refractivity contribution in [3.05, 3.63) is 24.2 Å². The van der Waals surface area contributed by atoms with Crippen molar-refractivity contribution in [3.8, 4) is 0 Å². The third kappa shape index (κ3) is 5.40. The van der Waals surface area contributed by atoms with Crippen LogP contribution in [0.4, 0.5) is 0 Å². The normalized spacial score (nSPS) is 10.8. The third-order valence-corrected chi connectivity index (χ3v) is 2.51. The topological polar surface area (TPSA) is 71.8 Å². The van der Waals surface area contributed by atoms with Crippen LogP contribution in [-0.2, 0) is 9.53 Å². The van der Waals surface area contributed by atoms with Gasteiger partial charge in [-0.3, -0.25) is 14.9 Å². The minimum absolute atomic E-state index is 0.0471. The summed E-state index contributed by atoms with van der Waals surface area (Å²) in [6, 6.07) is 3.12. The summed E-state index contributed by atoms with van der Waals surface area (Å²) in [7, 11) is 1.59. The van der Waals surface area contributed by atoms with Crippen LogP contribution in [0.3, 0.4) is 0 Å². The van der Waals surface area contributed by atoms with Crippen LogP contribution >= 0.6 is 12.2 Å². The first-order valence-corrected chi connectivity index (χ1v) is 6.41. The molecule has 0 bridgehead atoms. The van der Waals surface area contributed by atoms with Crippen molar-refractivity contribution in [2.45, 2.75) is 26.4 Å². The Morgan fingerprint density at radius 3 is 2.60 bits per heavy atom. The van der Waals surface area contributed by atoms with Gasteiger partial charge in [-0.2, -0.15) is 0 Å². The number of thiocarbonyl (C=S) groups is 1. The summed E-state index contributed by atoms with van der Waals surface area (Å²) in [5, 5.41) is 2.59. The highest BCUT2D eigenvalue weighted by atomic mass is 32.1. The molecule has 1 aromatic heterocycles. The van der Waals surface area contributed by atoms with Gasteiger partial charge in [0.15, 0.2) is 10.9 Å². The number of hydrogen-bond donors (Lipinski definition) is 1. The largest absolute Gasteiger partial charge is 0.459 e. The van der Waals surface area contributed by atoms with Gasteiger partial charge >= 0.3 is 5.97 Å². The summed E-state index contributed by atoms with van der Waals surface area (Å²) in [5.41, 5.74) is -0.559. The van der Waals surface area contributed by atoms with E-state index in [1.54, 1.807) is 33.9 Å². The van der Waals surface area contributed by atoms with Crippen LogP contribution < -0.4 is 5.32 Å². The molecule has 20 heavy (non-hydrogen) atoms. The van der Waals surface area contributed by atoms with Crippen LogP contribution in [0.15, 0.2) is 22.8 Å². The summed E-state index contributed by atoms with van der Waals surface area (Å²) in [6.07, 6.45) is 1.39. The second-order valence-corrected chi connectivity index (χ2v) is 5.57. The van der Waals surface area contributed by atoms with Gasteiger partial charge in [0.05, 0.1) is 6.26 Å². The van der Waals surface area contributed by atoms with Gasteiger partial charge in [-0.1, -0.05) is 0 Å². The van der Waals surface area contributed by atoms with Crippen LogP contribution in [-0.4, -0.2) is 41.1 Å². The summed E-state index contributed by atoms with van der Waals surface area (Å²) in [5.74, 6) is -0.733. The number of ether oxygens (including phenoxy) is 1. The second kappa shape index (κ2) is 6.51. The molecule has 0 aliphatic heterocycles. The molecule has 0 saturated heterocycles. The lowest BCUT2D eigenvalue weighted by molar-refractivity contribution is -0.154. The van der Waals surface area contributed by atoms with Crippen molar-refractivity contribution in [3.63, 3.8) is 0 Å². The zero-order valence-electron chi connectivity index (χ0n) is 11.9. The summed E-state index contributed by atoms with van der Waals surface area (Å²) >= 11 is 5.03. The number of amides is 1. The standard InChI is InChI=1S/C13H18N2O4S/c1-13(2,3)19-10(16)8-15(4)12(20)14-11(17)9-6-5-7-18-9/h5-7H,8H2,1-4H3,(H,14,17,20). The van der Waals surface area contributed by atoms with E-state index in [0.29, 0.717) is 0 Å². The zero-order valence-corrected chi connectivity index (χ0v) is 12.7. The Morgan fingerprint density at radius 2 is 2.10 bits per heavy atom. The molecule has 1 heterocycles. The van der Waals surface area contributed by atoms with Crippen LogP contribution in [0.2, 0.25) is 0 Å². The van der Waals surface area contributed by atoms with Crippen molar-refractivity contribution < 1.29 is 18.7 Å². The highest BCUT2D eigenvalue weighted by Crippen LogP contribution is 2.07. The molecular formula is C13H18N2O4S. The quantitative estimate of drug-likeness (QED) is 0.674. The van der Waals surface area contributed by atoms with Crippen LogP contribution in [0.5, 0.6) is 0 Å². The van der Waals surface area contributed by atoms with E-state index >= 15 is 0 Å². The molecule has 0 atom stereocenters. The Hall–Kier alpha value is -1.89. The molecule has 1 amide bonds. The Balaban J connectivity index is 2.47. The number of hydrogen-bond acceptors (Lipinski definition) is 5. The Morgan fingerprint density at radius 1 is 1.45 bits per heavy atom. The predicted molar refractivity (Wildman–Crippen MR) is 77.2 cm³/mol. The lowest BCUT2D eigenvalue weighted by Gasteiger charge is -2.23. The number of esters is 1. The Bertz CT molecular complexity index is 491. The number of nitrogens with one attached hydrogen (secondary N) is 1. The van der Waals surface area contributed by atoms with Crippen molar-refractivity contribution in [1.82, 2.24) is 10.2 Å². The fraction of sp³-hybridized carbons (Fsp3) is 0.462. The molecule has 0 aliphatic rings. The lowest BCUT2D eigenvalue weighted by Crippen LogP contribution is -2.43. The maximum atomic E-state index is 11.7. The molecule has 1 N–H and O–H groups in total. The van der Waals surface area contributed by atoms with Crippen molar-refractivity contribution in [1.29, 1.82) is 0 Å². The van der Waals surface area contributed by atoms with Crippen LogP contribution in [0, 0.1) is 0 Å². The van der Waals surface area contributed by atoms with Gasteiger partial charge in [0.25, 0.3) is 5.91 Å². The van der Waals surface area contributed by atoms with E-state index < -0.39 is 17.5 Å². The van der Waals surface area contributed by atoms with Crippen molar-refractivity contribution in [2.24, 2.45) is 0 Å². The lowest BCUT2D eigenvalue weighted by atomic mass is 10.2. The SMILES string of the molecule is CN(CC(=O)OC(C)(C)C)C(=S)NC(=O)c1ccco1. The first kappa shape index (κ1) is 16.2. The molecule has 0 saturated carbocycles. The number of rotatable bonds is 3. The predicted octanol–water partition coefficient (Wildman–Crippen LogP) is 1.57. The summed E-state index contributed by atoms with van der Waals surface area (Å²) in [6.45, 7) is 5.29. The van der Waals surface area contributed by atoms with Gasteiger partial charge in [0.2, 0.25) is 0 Å². The summed E-state index contributed by atoms with van der Waals surface area (Å²) in [4.78, 5) is 24.8. The summed E-state index contributed by atoms with van der Waals surface area (Å²) < 4.78 is 10.1. The molecule has 6 nitrogen and oxygen atoms in total. The van der Waals surface area contributed by atoms with E-state index in [0.717, 1.165) is 0 Å². The molecule has 7 heteroatoms. The number of carbonyl (C=O) groups excluding carboxylic acids is 2. The zero-order chi connectivity index (χ0) is 15.3. The molecule has 0 fully saturated rings. The van der Waals surface area contributed by atoms with Crippen LogP contribution in [0.1, 0.15) is 31.3 Å². The average Bonchev–Trinajstić information content (AvgIpc) is 2.79. The van der Waals surface area contributed by atoms with Gasteiger partial charge in [0.1, 0.15) is 12.1 Å². The maximum Gasteiger partial charge on any atom is 0.326 e. The Labute approximate surface area is 123 Å². The molecular weight excluding hydrogens is 280 g/mol. The second-order valence-electron chi connectivity index (χ2n) is 5.18. The number of furan rings is 1. The van der Waals surface area contributed by atoms with E-state index in [1.165, 1.54) is 17.2 Å². The fourth-order valence-corrected chi connectivity index (χ4v) is 1.46. The van der Waals surface area contributed by atoms with E-state index in [9.17, 15) is 9.59 Å². The molecule has 0 unspecified atom stereocenters. The molecule has 0 spiro atoms. The highest BCUT2D eigenvalue weighted by Gasteiger charge is 2.19. The molecule has 1 aromatic rings. The molecule has 0 radical (unpaired) electrons. The number of likely N-dealkylation sites (N-methyl/N-ethyl adjacent to an activating group) is 1.